The molecule has 0 aliphatic rings. The molecule has 1 aromatic heterocycles. The van der Waals surface area contributed by atoms with E-state index in [4.69, 9.17) is 12.3 Å². The third-order valence-electron chi connectivity index (χ3n) is 9.46. The van der Waals surface area contributed by atoms with Crippen molar-refractivity contribution in [2.75, 3.05) is 0 Å². The molecule has 0 N–H and O–H groups in total. The number of rotatable bonds is 4. The highest BCUT2D eigenvalue weighted by Gasteiger charge is 2.19. The first-order valence-electron chi connectivity index (χ1n) is 22.4. The molecule has 0 bridgehead atoms. The van der Waals surface area contributed by atoms with Crippen LogP contribution in [0.2, 0.25) is 0 Å². The summed E-state index contributed by atoms with van der Waals surface area (Å²) in [6.07, 6.45) is -2.81. The van der Waals surface area contributed by atoms with Crippen LogP contribution in [0.5, 0.6) is 0 Å². The molecule has 0 saturated carbocycles. The van der Waals surface area contributed by atoms with Gasteiger partial charge in [-0.3, -0.25) is 4.57 Å². The lowest BCUT2D eigenvalue weighted by Crippen LogP contribution is -2.00. The number of fused-ring (bicyclic) bond motifs is 7. The SMILES string of the molecule is [2H]c1c([2H])c([2H])c2c(-c3cc4ccccc4c4ccccc34)c3c([2H])c([2H])c([2H])c([2H])c3c(-c3ccc4cc(-n5c(C([2H])([2H])C([2H])([2H])[2H])nc6ccccc65)ccc4c3)c2c1[2H]. The van der Waals surface area contributed by atoms with Crippen LogP contribution >= 0.6 is 0 Å². The number of aryl methyl sites for hydroxylation is 1. The Morgan fingerprint density at radius 2 is 1.20 bits per heavy atom. The van der Waals surface area contributed by atoms with Crippen LogP contribution in [0.4, 0.5) is 0 Å². The van der Waals surface area contributed by atoms with Crippen molar-refractivity contribution in [3.05, 3.63) is 169 Å². The molecule has 0 aliphatic carbocycles. The lowest BCUT2D eigenvalue weighted by Gasteiger charge is -2.20. The highest BCUT2D eigenvalue weighted by Crippen LogP contribution is 2.46. The van der Waals surface area contributed by atoms with Crippen LogP contribution in [-0.2, 0) is 6.37 Å². The molecule has 0 radical (unpaired) electrons. The van der Waals surface area contributed by atoms with Crippen molar-refractivity contribution < 1.29 is 17.8 Å². The summed E-state index contributed by atoms with van der Waals surface area (Å²) in [5.74, 6) is -0.282. The summed E-state index contributed by atoms with van der Waals surface area (Å²) in [5.41, 5.74) is 2.83. The number of nitrogens with zero attached hydrogens (tertiary/aromatic N) is 2. The Bertz CT molecular complexity index is 3510. The topological polar surface area (TPSA) is 17.8 Å². The van der Waals surface area contributed by atoms with Gasteiger partial charge in [-0.2, -0.15) is 0 Å². The molecule has 49 heavy (non-hydrogen) atoms. The molecule has 0 fully saturated rings. The average Bonchev–Trinajstić information content (AvgIpc) is 3.67. The second-order valence-corrected chi connectivity index (χ2v) is 12.1. The lowest BCUT2D eigenvalue weighted by molar-refractivity contribution is 0.909. The smallest absolute Gasteiger partial charge is 0.114 e. The first-order chi connectivity index (χ1) is 29.5. The molecule has 10 aromatic rings. The van der Waals surface area contributed by atoms with Crippen molar-refractivity contribution in [1.29, 1.82) is 0 Å². The Labute approximate surface area is 302 Å². The number of hydrogen-bond acceptors (Lipinski definition) is 1. The van der Waals surface area contributed by atoms with E-state index in [9.17, 15) is 5.48 Å². The van der Waals surface area contributed by atoms with E-state index in [1.165, 1.54) is 4.57 Å². The van der Waals surface area contributed by atoms with E-state index >= 15 is 0 Å². The van der Waals surface area contributed by atoms with Gasteiger partial charge in [0.25, 0.3) is 0 Å². The van der Waals surface area contributed by atoms with Crippen molar-refractivity contribution >= 4 is 64.9 Å². The van der Waals surface area contributed by atoms with Gasteiger partial charge < -0.3 is 0 Å². The van der Waals surface area contributed by atoms with Crippen molar-refractivity contribution in [3.8, 4) is 27.9 Å². The van der Waals surface area contributed by atoms with Gasteiger partial charge in [-0.15, -0.1) is 0 Å². The van der Waals surface area contributed by atoms with E-state index < -0.39 is 37.4 Å². The highest BCUT2D eigenvalue weighted by molar-refractivity contribution is 6.26. The molecule has 0 aliphatic heterocycles. The maximum absolute atomic E-state index is 9.47. The number of hydrogen-bond donors (Lipinski definition) is 0. The molecule has 2 heteroatoms. The van der Waals surface area contributed by atoms with E-state index in [-0.39, 0.29) is 62.7 Å². The molecule has 0 spiro atoms. The van der Waals surface area contributed by atoms with Crippen LogP contribution in [0.15, 0.2) is 164 Å². The standard InChI is InChI=1S/C47H32N2/c1-2-45-48-43-21-11-12-22-44(43)49(45)34-26-25-30-27-33(24-23-31(30)28-34)46-38-17-7-9-19-40(38)47(41-20-10-8-18-39(41)46)42-29-32-13-3-4-14-35(32)36-15-5-6-16-37(36)42/h3-29H,2H2,1H3/i1D3,2D2,7D,8D,9D,10D,17D,18D,19D,20D. The van der Waals surface area contributed by atoms with Crippen LogP contribution in [0.1, 0.15) is 30.5 Å². The van der Waals surface area contributed by atoms with Crippen LogP contribution in [0.25, 0.3) is 92.8 Å². The molecule has 0 amide bonds. The van der Waals surface area contributed by atoms with Crippen LogP contribution in [0.3, 0.4) is 0 Å². The Balaban J connectivity index is 1.31. The first-order valence-corrected chi connectivity index (χ1v) is 15.9. The van der Waals surface area contributed by atoms with Gasteiger partial charge >= 0.3 is 0 Å². The number of benzene rings is 9. The van der Waals surface area contributed by atoms with Crippen molar-refractivity contribution in [1.82, 2.24) is 9.55 Å². The van der Waals surface area contributed by atoms with Gasteiger partial charge in [0, 0.05) is 18.9 Å². The largest absolute Gasteiger partial charge is 0.296 e. The molecule has 0 saturated heterocycles. The maximum Gasteiger partial charge on any atom is 0.114 e. The van der Waals surface area contributed by atoms with Gasteiger partial charge in [-0.25, -0.2) is 4.98 Å². The van der Waals surface area contributed by atoms with E-state index in [2.05, 4.69) is 4.98 Å². The third-order valence-corrected chi connectivity index (χ3v) is 9.46. The number of imidazole rings is 1. The van der Waals surface area contributed by atoms with Crippen LogP contribution < -0.4 is 0 Å². The number of aromatic nitrogens is 2. The fourth-order valence-electron chi connectivity index (χ4n) is 7.34. The Kier molecular flexibility index (Phi) is 3.95. The Morgan fingerprint density at radius 1 is 0.571 bits per heavy atom. The summed E-state index contributed by atoms with van der Waals surface area (Å²) >= 11 is 0. The molecule has 230 valence electrons. The monoisotopic (exact) mass is 637 g/mol. The minimum absolute atomic E-state index is 0.0955. The van der Waals surface area contributed by atoms with Gasteiger partial charge in [0.15, 0.2) is 0 Å². The van der Waals surface area contributed by atoms with E-state index in [1.54, 1.807) is 60.7 Å². The molecule has 1 heterocycles. The fraction of sp³-hybridized carbons (Fsp3) is 0.0426. The van der Waals surface area contributed by atoms with Gasteiger partial charge in [0.2, 0.25) is 0 Å². The minimum Gasteiger partial charge on any atom is -0.296 e. The molecule has 9 aromatic carbocycles. The van der Waals surface area contributed by atoms with Gasteiger partial charge in [0.05, 0.1) is 22.0 Å². The predicted molar refractivity (Wildman–Crippen MR) is 209 cm³/mol. The average molecular weight is 638 g/mol. The zero-order valence-electron chi connectivity index (χ0n) is 38.9. The summed E-state index contributed by atoms with van der Waals surface area (Å²) < 4.78 is 116. The van der Waals surface area contributed by atoms with Gasteiger partial charge in [0.1, 0.15) is 5.82 Å². The quantitative estimate of drug-likeness (QED) is 0.139. The molecule has 2 nitrogen and oxygen atoms in total. The van der Waals surface area contributed by atoms with E-state index in [0.29, 0.717) is 38.6 Å². The molecule has 0 unspecified atom stereocenters. The molecular weight excluding hydrogens is 593 g/mol. The lowest BCUT2D eigenvalue weighted by atomic mass is 9.83. The first kappa shape index (κ1) is 17.8. The van der Waals surface area contributed by atoms with Crippen LogP contribution in [-0.4, -0.2) is 9.55 Å². The highest BCUT2D eigenvalue weighted by atomic mass is 15.1. The van der Waals surface area contributed by atoms with Gasteiger partial charge in [-0.05, 0) is 113 Å². The summed E-state index contributed by atoms with van der Waals surface area (Å²) in [6, 6.07) is 31.4. The summed E-state index contributed by atoms with van der Waals surface area (Å²) in [5, 5.41) is 5.11. The van der Waals surface area contributed by atoms with Crippen molar-refractivity contribution in [3.63, 3.8) is 0 Å². The zero-order chi connectivity index (χ0) is 43.7. The maximum atomic E-state index is 9.47. The zero-order valence-corrected chi connectivity index (χ0v) is 25.9. The summed E-state index contributed by atoms with van der Waals surface area (Å²) in [7, 11) is 0. The minimum atomic E-state index is -3.02. The Morgan fingerprint density at radius 3 is 1.98 bits per heavy atom. The molecule has 10 rings (SSSR count). The summed E-state index contributed by atoms with van der Waals surface area (Å²) in [4.78, 5) is 4.44. The van der Waals surface area contributed by atoms with Crippen molar-refractivity contribution in [2.45, 2.75) is 13.2 Å². The van der Waals surface area contributed by atoms with E-state index in [0.717, 1.165) is 21.5 Å². The fourth-order valence-corrected chi connectivity index (χ4v) is 7.34. The Hall–Kier alpha value is -6.25. The normalized spacial score (nSPS) is 16.2. The second kappa shape index (κ2) is 10.9. The molecule has 0 atom stereocenters. The predicted octanol–water partition coefficient (Wildman–Crippen LogP) is 12.7. The third kappa shape index (κ3) is 4.24. The summed E-state index contributed by atoms with van der Waals surface area (Å²) in [6.45, 7) is -3.02. The van der Waals surface area contributed by atoms with E-state index in [1.807, 2.05) is 54.6 Å². The number of para-hydroxylation sites is 2. The molecular formula is C47H32N2. The van der Waals surface area contributed by atoms with Crippen molar-refractivity contribution in [2.24, 2.45) is 0 Å². The van der Waals surface area contributed by atoms with Gasteiger partial charge in [-0.1, -0.05) is 134 Å². The van der Waals surface area contributed by atoms with Crippen LogP contribution in [0, 0.1) is 0 Å². The second-order valence-electron chi connectivity index (χ2n) is 12.1.